The largest absolute Gasteiger partial charge is 0.496 e. The number of aromatic carboxylic acids is 1. The third-order valence-corrected chi connectivity index (χ3v) is 5.23. The number of aromatic nitrogens is 2. The highest BCUT2D eigenvalue weighted by molar-refractivity contribution is 6.07. The molecule has 0 aliphatic heterocycles. The second-order valence-corrected chi connectivity index (χ2v) is 7.33. The lowest BCUT2D eigenvalue weighted by atomic mass is 10.0. The molecule has 32 heavy (non-hydrogen) atoms. The van der Waals surface area contributed by atoms with Crippen molar-refractivity contribution in [1.82, 2.24) is 9.97 Å². The van der Waals surface area contributed by atoms with Crippen molar-refractivity contribution < 1.29 is 24.2 Å². The smallest absolute Gasteiger partial charge is 0.335 e. The maximum absolute atomic E-state index is 12.5. The Morgan fingerprint density at radius 2 is 1.72 bits per heavy atom. The maximum atomic E-state index is 12.5. The van der Waals surface area contributed by atoms with Gasteiger partial charge in [-0.15, -0.1) is 12.4 Å². The zero-order valence-electron chi connectivity index (χ0n) is 17.6. The molecule has 1 heterocycles. The van der Waals surface area contributed by atoms with Crippen LogP contribution in [0.1, 0.15) is 50.9 Å². The predicted molar refractivity (Wildman–Crippen MR) is 123 cm³/mol. The third kappa shape index (κ3) is 4.84. The van der Waals surface area contributed by atoms with Crippen molar-refractivity contribution in [2.24, 2.45) is 0 Å². The van der Waals surface area contributed by atoms with E-state index in [9.17, 15) is 9.59 Å². The number of nitrogens with one attached hydrogen (secondary N) is 1. The van der Waals surface area contributed by atoms with Crippen LogP contribution in [0.25, 0.3) is 17.3 Å². The standard InChI is InChI=1S/C24H22N2O5.ClH/c1-30-21-12-22(31-2)18(19-13-25-23(26-19)15-5-6-15)11-17(21)9-10-20(27)14-3-7-16(8-4-14)24(28)29;/h3-4,7-13,15H,5-6H2,1-2H3,(H,25,26)(H,28,29);1H/b10-9+;. The number of methoxy groups -OCH3 is 2. The summed E-state index contributed by atoms with van der Waals surface area (Å²) in [5.41, 5.74) is 2.90. The Hall–Kier alpha value is -3.58. The minimum absolute atomic E-state index is 0. The van der Waals surface area contributed by atoms with Gasteiger partial charge in [0, 0.05) is 28.7 Å². The lowest BCUT2D eigenvalue weighted by Crippen LogP contribution is -1.99. The highest BCUT2D eigenvalue weighted by atomic mass is 35.5. The average molecular weight is 455 g/mol. The molecular weight excluding hydrogens is 432 g/mol. The molecule has 0 spiro atoms. The minimum Gasteiger partial charge on any atom is -0.496 e. The second kappa shape index (κ2) is 9.70. The number of carboxylic acid groups (broad SMARTS) is 1. The fourth-order valence-corrected chi connectivity index (χ4v) is 3.34. The number of nitrogens with zero attached hydrogens (tertiary/aromatic N) is 1. The molecule has 2 aromatic carbocycles. The molecule has 166 valence electrons. The number of carboxylic acids is 1. The van der Waals surface area contributed by atoms with Gasteiger partial charge in [-0.05, 0) is 43.2 Å². The van der Waals surface area contributed by atoms with Gasteiger partial charge in [0.05, 0.1) is 31.7 Å². The first-order chi connectivity index (χ1) is 15.0. The van der Waals surface area contributed by atoms with Crippen LogP contribution in [0.15, 0.2) is 48.7 Å². The van der Waals surface area contributed by atoms with E-state index < -0.39 is 5.97 Å². The van der Waals surface area contributed by atoms with E-state index in [4.69, 9.17) is 14.6 Å². The fraction of sp³-hybridized carbons (Fsp3) is 0.208. The van der Waals surface area contributed by atoms with Crippen molar-refractivity contribution in [1.29, 1.82) is 0 Å². The molecule has 0 amide bonds. The summed E-state index contributed by atoms with van der Waals surface area (Å²) in [5, 5.41) is 8.99. The number of carbonyl (C=O) groups excluding carboxylic acids is 1. The van der Waals surface area contributed by atoms with E-state index in [2.05, 4.69) is 9.97 Å². The number of imidazole rings is 1. The van der Waals surface area contributed by atoms with E-state index in [-0.39, 0.29) is 23.8 Å². The van der Waals surface area contributed by atoms with Crippen LogP contribution in [0, 0.1) is 0 Å². The summed E-state index contributed by atoms with van der Waals surface area (Å²) >= 11 is 0. The summed E-state index contributed by atoms with van der Waals surface area (Å²) in [4.78, 5) is 31.4. The molecule has 0 unspecified atom stereocenters. The first-order valence-corrected chi connectivity index (χ1v) is 9.87. The van der Waals surface area contributed by atoms with Gasteiger partial charge in [0.2, 0.25) is 0 Å². The Kier molecular flexibility index (Phi) is 7.00. The summed E-state index contributed by atoms with van der Waals surface area (Å²) in [7, 11) is 3.15. The van der Waals surface area contributed by atoms with Crippen LogP contribution >= 0.6 is 12.4 Å². The number of rotatable bonds is 8. The number of hydrogen-bond donors (Lipinski definition) is 2. The molecule has 2 N–H and O–H groups in total. The van der Waals surface area contributed by atoms with Crippen molar-refractivity contribution >= 4 is 30.2 Å². The molecule has 0 radical (unpaired) electrons. The first kappa shape index (κ1) is 23.1. The fourth-order valence-electron chi connectivity index (χ4n) is 3.34. The van der Waals surface area contributed by atoms with E-state index in [1.807, 2.05) is 6.07 Å². The topological polar surface area (TPSA) is 102 Å². The number of allylic oxidation sites excluding steroid dienone is 1. The molecule has 0 bridgehead atoms. The van der Waals surface area contributed by atoms with E-state index in [1.165, 1.54) is 30.3 Å². The van der Waals surface area contributed by atoms with Crippen LogP contribution in [-0.2, 0) is 0 Å². The monoisotopic (exact) mass is 454 g/mol. The number of benzene rings is 2. The molecule has 4 rings (SSSR count). The number of ether oxygens (including phenoxy) is 2. The number of ketones is 1. The number of halogens is 1. The van der Waals surface area contributed by atoms with Gasteiger partial charge in [-0.3, -0.25) is 4.79 Å². The normalized spacial score (nSPS) is 12.9. The number of carbonyl (C=O) groups is 2. The summed E-state index contributed by atoms with van der Waals surface area (Å²) in [5.74, 6) is 1.40. The Bertz CT molecular complexity index is 1160. The minimum atomic E-state index is -1.03. The SMILES string of the molecule is COc1cc(OC)c(-c2cnc(C3CC3)[nH]2)cc1/C=C/C(=O)c1ccc(C(=O)O)cc1.Cl. The molecule has 1 aromatic heterocycles. The Morgan fingerprint density at radius 1 is 1.06 bits per heavy atom. The second-order valence-electron chi connectivity index (χ2n) is 7.33. The van der Waals surface area contributed by atoms with Crippen molar-refractivity contribution in [3.8, 4) is 22.8 Å². The van der Waals surface area contributed by atoms with E-state index in [0.717, 1.165) is 29.9 Å². The zero-order valence-corrected chi connectivity index (χ0v) is 18.4. The third-order valence-electron chi connectivity index (χ3n) is 5.23. The molecule has 3 aromatic rings. The highest BCUT2D eigenvalue weighted by Crippen LogP contribution is 2.41. The van der Waals surface area contributed by atoms with Crippen molar-refractivity contribution in [3.05, 3.63) is 71.2 Å². The number of hydrogen-bond acceptors (Lipinski definition) is 5. The van der Waals surface area contributed by atoms with Crippen LogP contribution in [0.3, 0.4) is 0 Å². The van der Waals surface area contributed by atoms with Gasteiger partial charge >= 0.3 is 5.97 Å². The van der Waals surface area contributed by atoms with E-state index >= 15 is 0 Å². The predicted octanol–water partition coefficient (Wildman–Crippen LogP) is 4.99. The van der Waals surface area contributed by atoms with Gasteiger partial charge in [-0.1, -0.05) is 12.1 Å². The summed E-state index contributed by atoms with van der Waals surface area (Å²) < 4.78 is 11.0. The zero-order chi connectivity index (χ0) is 22.0. The summed E-state index contributed by atoms with van der Waals surface area (Å²) in [6.07, 6.45) is 7.20. The van der Waals surface area contributed by atoms with Crippen molar-refractivity contribution in [2.45, 2.75) is 18.8 Å². The van der Waals surface area contributed by atoms with Crippen LogP contribution in [0.5, 0.6) is 11.5 Å². The van der Waals surface area contributed by atoms with Gasteiger partial charge in [-0.25, -0.2) is 9.78 Å². The molecule has 7 nitrogen and oxygen atoms in total. The van der Waals surface area contributed by atoms with Crippen LogP contribution in [0.2, 0.25) is 0 Å². The average Bonchev–Trinajstić information content (AvgIpc) is 3.53. The van der Waals surface area contributed by atoms with E-state index in [0.29, 0.717) is 28.5 Å². The molecule has 1 aliphatic carbocycles. The van der Waals surface area contributed by atoms with E-state index in [1.54, 1.807) is 32.6 Å². The van der Waals surface area contributed by atoms with Crippen molar-refractivity contribution in [2.75, 3.05) is 14.2 Å². The van der Waals surface area contributed by atoms with Gasteiger partial charge in [0.1, 0.15) is 17.3 Å². The summed E-state index contributed by atoms with van der Waals surface area (Å²) in [6, 6.07) is 9.47. The molecule has 1 fully saturated rings. The molecule has 1 saturated carbocycles. The Labute approximate surface area is 191 Å². The summed E-state index contributed by atoms with van der Waals surface area (Å²) in [6.45, 7) is 0. The lowest BCUT2D eigenvalue weighted by molar-refractivity contribution is 0.0696. The lowest BCUT2D eigenvalue weighted by Gasteiger charge is -2.12. The van der Waals surface area contributed by atoms with Crippen LogP contribution in [-0.4, -0.2) is 41.0 Å². The van der Waals surface area contributed by atoms with Crippen LogP contribution in [0.4, 0.5) is 0 Å². The van der Waals surface area contributed by atoms with Crippen LogP contribution < -0.4 is 9.47 Å². The highest BCUT2D eigenvalue weighted by Gasteiger charge is 2.27. The molecule has 1 aliphatic rings. The molecule has 0 atom stereocenters. The van der Waals surface area contributed by atoms with Gasteiger partial charge in [0.15, 0.2) is 5.78 Å². The molecule has 8 heteroatoms. The Balaban J connectivity index is 0.00000289. The van der Waals surface area contributed by atoms with Gasteiger partial charge in [-0.2, -0.15) is 0 Å². The number of H-pyrrole nitrogens is 1. The quantitative estimate of drug-likeness (QED) is 0.367. The maximum Gasteiger partial charge on any atom is 0.335 e. The van der Waals surface area contributed by atoms with Crippen molar-refractivity contribution in [3.63, 3.8) is 0 Å². The molecule has 0 saturated heterocycles. The molecular formula is C24H23ClN2O5. The first-order valence-electron chi connectivity index (χ1n) is 9.87. The Morgan fingerprint density at radius 3 is 2.31 bits per heavy atom. The van der Waals surface area contributed by atoms with Gasteiger partial charge < -0.3 is 19.6 Å². The van der Waals surface area contributed by atoms with Gasteiger partial charge in [0.25, 0.3) is 0 Å². The number of aromatic amines is 1.